The molecule has 0 aliphatic rings. The lowest BCUT2D eigenvalue weighted by Gasteiger charge is -2.06. The molecule has 3 rings (SSSR count). The van der Waals surface area contributed by atoms with E-state index in [9.17, 15) is 19.3 Å². The molecule has 0 fully saturated rings. The van der Waals surface area contributed by atoms with Crippen molar-refractivity contribution in [2.45, 2.75) is 19.5 Å². The molecule has 13 heteroatoms. The number of nitrogens with zero attached hydrogens (tertiary/aromatic N) is 5. The van der Waals surface area contributed by atoms with Crippen LogP contribution in [0.3, 0.4) is 0 Å². The van der Waals surface area contributed by atoms with Crippen molar-refractivity contribution in [1.29, 1.82) is 0 Å². The summed E-state index contributed by atoms with van der Waals surface area (Å²) < 4.78 is 17.4. The van der Waals surface area contributed by atoms with Gasteiger partial charge >= 0.3 is 5.82 Å². The highest BCUT2D eigenvalue weighted by Crippen LogP contribution is 2.25. The number of aromatic nitrogens is 4. The Morgan fingerprint density at radius 1 is 1.24 bits per heavy atom. The van der Waals surface area contributed by atoms with Crippen molar-refractivity contribution in [3.8, 4) is 0 Å². The lowest BCUT2D eigenvalue weighted by atomic mass is 10.2. The summed E-state index contributed by atoms with van der Waals surface area (Å²) in [6, 6.07) is 4.40. The second kappa shape index (κ2) is 9.01. The average Bonchev–Trinajstić information content (AvgIpc) is 3.19. The lowest BCUT2D eigenvalue weighted by molar-refractivity contribution is -0.390. The Kier molecular flexibility index (Phi) is 6.65. The van der Waals surface area contributed by atoms with E-state index in [1.807, 2.05) is 0 Å². The van der Waals surface area contributed by atoms with E-state index in [0.29, 0.717) is 4.47 Å². The van der Waals surface area contributed by atoms with E-state index < -0.39 is 10.7 Å². The molecule has 0 aliphatic carbocycles. The Bertz CT molecular complexity index is 1070. The fourth-order valence-electron chi connectivity index (χ4n) is 2.44. The number of amides is 1. The number of halogens is 4. The standard InChI is InChI=1S/C16H12Br2ClFN6O3/c17-10-7-25(6-9-12(19)2-1-3-13(9)20)22-15(10)21-14(27)4-5-24-8-11(18)16(23-24)26(28)29/h1-3,7-8H,4-6H2,(H,21,22,27). The van der Waals surface area contributed by atoms with E-state index in [4.69, 9.17) is 11.6 Å². The van der Waals surface area contributed by atoms with Crippen molar-refractivity contribution in [1.82, 2.24) is 19.6 Å². The first kappa shape index (κ1) is 21.4. The summed E-state index contributed by atoms with van der Waals surface area (Å²) in [6.07, 6.45) is 3.03. The summed E-state index contributed by atoms with van der Waals surface area (Å²) in [5.41, 5.74) is 0.285. The molecule has 0 atom stereocenters. The SMILES string of the molecule is O=C(CCn1cc(Br)c([N+](=O)[O-])n1)Nc1nn(Cc2c(F)cccc2Cl)cc1Br. The van der Waals surface area contributed by atoms with Crippen LogP contribution in [0.2, 0.25) is 5.02 Å². The summed E-state index contributed by atoms with van der Waals surface area (Å²) in [5.74, 6) is -0.878. The van der Waals surface area contributed by atoms with Crippen LogP contribution in [0.1, 0.15) is 12.0 Å². The maximum atomic E-state index is 13.9. The quantitative estimate of drug-likeness (QED) is 0.347. The number of hydrogen-bond acceptors (Lipinski definition) is 5. The Labute approximate surface area is 185 Å². The molecule has 2 heterocycles. The third-order valence-corrected chi connectivity index (χ3v) is 5.29. The Hall–Kier alpha value is -2.31. The van der Waals surface area contributed by atoms with Gasteiger partial charge in [0.25, 0.3) is 0 Å². The number of rotatable bonds is 7. The van der Waals surface area contributed by atoms with Crippen molar-refractivity contribution in [3.05, 3.63) is 66.1 Å². The van der Waals surface area contributed by atoms with Crippen molar-refractivity contribution in [3.63, 3.8) is 0 Å². The van der Waals surface area contributed by atoms with Crippen LogP contribution in [-0.2, 0) is 17.9 Å². The van der Waals surface area contributed by atoms with Gasteiger partial charge in [-0.25, -0.2) is 4.39 Å². The second-order valence-electron chi connectivity index (χ2n) is 5.84. The molecule has 1 N–H and O–H groups in total. The molecule has 2 aromatic heterocycles. The van der Waals surface area contributed by atoms with Gasteiger partial charge in [-0.05, 0) is 48.9 Å². The average molecular weight is 551 g/mol. The predicted molar refractivity (Wildman–Crippen MR) is 110 cm³/mol. The molecule has 0 saturated carbocycles. The van der Waals surface area contributed by atoms with E-state index >= 15 is 0 Å². The fraction of sp³-hybridized carbons (Fsp3) is 0.188. The fourth-order valence-corrected chi connectivity index (χ4v) is 3.54. The molecule has 1 aromatic carbocycles. The summed E-state index contributed by atoms with van der Waals surface area (Å²) in [4.78, 5) is 22.4. The first-order valence-electron chi connectivity index (χ1n) is 8.07. The normalized spacial score (nSPS) is 10.9. The number of hydrogen-bond donors (Lipinski definition) is 1. The Morgan fingerprint density at radius 3 is 2.62 bits per heavy atom. The largest absolute Gasteiger partial charge is 0.404 e. The third kappa shape index (κ3) is 5.19. The molecule has 1 amide bonds. The maximum Gasteiger partial charge on any atom is 0.404 e. The van der Waals surface area contributed by atoms with Crippen LogP contribution in [0.5, 0.6) is 0 Å². The van der Waals surface area contributed by atoms with Gasteiger partial charge < -0.3 is 15.4 Å². The van der Waals surface area contributed by atoms with E-state index in [0.717, 1.165) is 0 Å². The van der Waals surface area contributed by atoms with Crippen LogP contribution in [0.4, 0.5) is 16.0 Å². The molecule has 0 saturated heterocycles. The molecule has 29 heavy (non-hydrogen) atoms. The topological polar surface area (TPSA) is 108 Å². The highest BCUT2D eigenvalue weighted by atomic mass is 79.9. The zero-order chi connectivity index (χ0) is 21.1. The van der Waals surface area contributed by atoms with E-state index in [2.05, 4.69) is 47.4 Å². The molecule has 152 valence electrons. The van der Waals surface area contributed by atoms with Crippen LogP contribution < -0.4 is 5.32 Å². The summed E-state index contributed by atoms with van der Waals surface area (Å²) in [7, 11) is 0. The smallest absolute Gasteiger partial charge is 0.358 e. The number of nitro groups is 1. The first-order chi connectivity index (χ1) is 13.7. The highest BCUT2D eigenvalue weighted by Gasteiger charge is 2.19. The van der Waals surface area contributed by atoms with Gasteiger partial charge in [-0.1, -0.05) is 17.7 Å². The van der Waals surface area contributed by atoms with E-state index in [-0.39, 0.29) is 52.1 Å². The van der Waals surface area contributed by atoms with Gasteiger partial charge in [0, 0.05) is 23.2 Å². The van der Waals surface area contributed by atoms with Gasteiger partial charge in [0.1, 0.15) is 10.3 Å². The summed E-state index contributed by atoms with van der Waals surface area (Å²) in [5, 5.41) is 21.7. The van der Waals surface area contributed by atoms with Crippen LogP contribution >= 0.6 is 43.5 Å². The second-order valence-corrected chi connectivity index (χ2v) is 7.96. The first-order valence-corrected chi connectivity index (χ1v) is 10.0. The van der Waals surface area contributed by atoms with Gasteiger partial charge in [0.15, 0.2) is 5.82 Å². The van der Waals surface area contributed by atoms with E-state index in [1.165, 1.54) is 27.7 Å². The Balaban J connectivity index is 1.62. The zero-order valence-electron chi connectivity index (χ0n) is 14.5. The number of aryl methyl sites for hydroxylation is 1. The molecular formula is C16H12Br2ClFN6O3. The van der Waals surface area contributed by atoms with Gasteiger partial charge in [-0.3, -0.25) is 9.48 Å². The predicted octanol–water partition coefficient (Wildman–Crippen LogP) is 4.38. The molecule has 0 aliphatic heterocycles. The van der Waals surface area contributed by atoms with Crippen LogP contribution in [0, 0.1) is 15.9 Å². The maximum absolute atomic E-state index is 13.9. The van der Waals surface area contributed by atoms with Gasteiger partial charge in [0.05, 0.1) is 28.9 Å². The van der Waals surface area contributed by atoms with Gasteiger partial charge in [0.2, 0.25) is 5.91 Å². The number of anilines is 1. The van der Waals surface area contributed by atoms with Crippen molar-refractivity contribution >= 4 is 61.0 Å². The number of carbonyl (C=O) groups excluding carboxylic acids is 1. The Morgan fingerprint density at radius 2 is 1.97 bits per heavy atom. The molecule has 0 radical (unpaired) electrons. The van der Waals surface area contributed by atoms with Gasteiger partial charge in [-0.15, -0.1) is 0 Å². The molecule has 0 bridgehead atoms. The molecule has 0 unspecified atom stereocenters. The number of nitrogens with one attached hydrogen (secondary N) is 1. The molecule has 0 spiro atoms. The van der Waals surface area contributed by atoms with E-state index in [1.54, 1.807) is 12.3 Å². The highest BCUT2D eigenvalue weighted by molar-refractivity contribution is 9.11. The lowest BCUT2D eigenvalue weighted by Crippen LogP contribution is -2.16. The number of carbonyl (C=O) groups is 1. The van der Waals surface area contributed by atoms with Crippen LogP contribution in [0.15, 0.2) is 39.5 Å². The molecule has 3 aromatic rings. The minimum atomic E-state index is -0.619. The van der Waals surface area contributed by atoms with Crippen LogP contribution in [-0.4, -0.2) is 30.4 Å². The van der Waals surface area contributed by atoms with Crippen molar-refractivity contribution in [2.75, 3.05) is 5.32 Å². The zero-order valence-corrected chi connectivity index (χ0v) is 18.4. The monoisotopic (exact) mass is 548 g/mol. The minimum absolute atomic E-state index is 0.0176. The summed E-state index contributed by atoms with van der Waals surface area (Å²) >= 11 is 12.4. The third-order valence-electron chi connectivity index (χ3n) is 3.80. The minimum Gasteiger partial charge on any atom is -0.358 e. The van der Waals surface area contributed by atoms with Crippen molar-refractivity contribution < 1.29 is 14.1 Å². The summed E-state index contributed by atoms with van der Waals surface area (Å²) in [6.45, 7) is 0.229. The van der Waals surface area contributed by atoms with Crippen LogP contribution in [0.25, 0.3) is 0 Å². The molecular weight excluding hydrogens is 538 g/mol. The number of benzene rings is 1. The van der Waals surface area contributed by atoms with Gasteiger partial charge in [-0.2, -0.15) is 9.78 Å². The molecule has 9 nitrogen and oxygen atoms in total. The van der Waals surface area contributed by atoms with Crippen molar-refractivity contribution in [2.24, 2.45) is 0 Å².